The first-order valence-corrected chi connectivity index (χ1v) is 9.00. The number of hydrogen-bond donors (Lipinski definition) is 1. The van der Waals surface area contributed by atoms with Crippen LogP contribution in [0.5, 0.6) is 0 Å². The Morgan fingerprint density at radius 2 is 1.76 bits per heavy atom. The van der Waals surface area contributed by atoms with Crippen LogP contribution in [0.2, 0.25) is 0 Å². The number of H-pyrrole nitrogens is 1. The lowest BCUT2D eigenvalue weighted by atomic mass is 10.0. The number of nitrogens with zero attached hydrogens (tertiary/aromatic N) is 1. The number of benzene rings is 2. The summed E-state index contributed by atoms with van der Waals surface area (Å²) in [4.78, 5) is 20.4. The summed E-state index contributed by atoms with van der Waals surface area (Å²) in [6.45, 7) is 4.15. The van der Waals surface area contributed by atoms with Crippen molar-refractivity contribution in [3.63, 3.8) is 0 Å². The van der Waals surface area contributed by atoms with Crippen LogP contribution in [0.25, 0.3) is 10.8 Å². The molecule has 3 rings (SSSR count). The number of rotatable bonds is 6. The van der Waals surface area contributed by atoms with Crippen LogP contribution in [0.15, 0.2) is 59.6 Å². The number of carbonyl (C=O) groups is 1. The van der Waals surface area contributed by atoms with E-state index in [4.69, 9.17) is 0 Å². The van der Waals surface area contributed by atoms with Gasteiger partial charge in [0, 0.05) is 6.42 Å². The number of nitrogens with one attached hydrogen (secondary N) is 1. The second-order valence-corrected chi connectivity index (χ2v) is 6.31. The predicted molar refractivity (Wildman–Crippen MR) is 103 cm³/mol. The van der Waals surface area contributed by atoms with Gasteiger partial charge in [-0.1, -0.05) is 56.7 Å². The third-order valence-corrected chi connectivity index (χ3v) is 4.27. The third-order valence-electron chi connectivity index (χ3n) is 4.27. The molecule has 0 aliphatic rings. The first-order chi connectivity index (χ1) is 12.2. The van der Waals surface area contributed by atoms with Crippen LogP contribution in [0, 0.1) is 0 Å². The van der Waals surface area contributed by atoms with E-state index in [0.29, 0.717) is 12.1 Å². The van der Waals surface area contributed by atoms with E-state index in [-0.39, 0.29) is 5.78 Å². The normalized spacial score (nSPS) is 11.8. The molecule has 0 amide bonds. The SMILES string of the molecule is CCCC(=O)c1[nH]c(=Nc2ccc3ccccc3c2)ccc1CCC. The Bertz CT molecular complexity index is 953. The summed E-state index contributed by atoms with van der Waals surface area (Å²) in [6, 6.07) is 18.4. The van der Waals surface area contributed by atoms with Gasteiger partial charge in [-0.2, -0.15) is 0 Å². The maximum absolute atomic E-state index is 12.4. The highest BCUT2D eigenvalue weighted by Crippen LogP contribution is 2.20. The molecule has 0 bridgehead atoms. The number of aromatic amines is 1. The van der Waals surface area contributed by atoms with Gasteiger partial charge in [0.25, 0.3) is 0 Å². The van der Waals surface area contributed by atoms with E-state index in [9.17, 15) is 4.79 Å². The quantitative estimate of drug-likeness (QED) is 0.609. The fourth-order valence-corrected chi connectivity index (χ4v) is 3.04. The summed E-state index contributed by atoms with van der Waals surface area (Å²) >= 11 is 0. The summed E-state index contributed by atoms with van der Waals surface area (Å²) in [5.41, 5.74) is 3.39. The minimum absolute atomic E-state index is 0.168. The Kier molecular flexibility index (Phi) is 5.44. The van der Waals surface area contributed by atoms with Gasteiger partial charge in [-0.05, 0) is 47.4 Å². The Hall–Kier alpha value is -2.68. The molecule has 1 N–H and O–H groups in total. The number of aryl methyl sites for hydroxylation is 1. The molecule has 0 fully saturated rings. The summed E-state index contributed by atoms with van der Waals surface area (Å²) in [5, 5.41) is 2.36. The van der Waals surface area contributed by atoms with Gasteiger partial charge < -0.3 is 4.98 Å². The van der Waals surface area contributed by atoms with Crippen LogP contribution in [-0.2, 0) is 6.42 Å². The van der Waals surface area contributed by atoms with Crippen molar-refractivity contribution in [2.45, 2.75) is 39.5 Å². The molecule has 3 aromatic rings. The molecule has 0 spiro atoms. The van der Waals surface area contributed by atoms with Gasteiger partial charge in [0.15, 0.2) is 5.78 Å². The smallest absolute Gasteiger partial charge is 0.179 e. The molecule has 1 aromatic heterocycles. The minimum Gasteiger partial charge on any atom is -0.337 e. The van der Waals surface area contributed by atoms with Crippen LogP contribution in [0.3, 0.4) is 0 Å². The van der Waals surface area contributed by atoms with E-state index < -0.39 is 0 Å². The largest absolute Gasteiger partial charge is 0.337 e. The molecule has 3 nitrogen and oxygen atoms in total. The zero-order chi connectivity index (χ0) is 17.6. The summed E-state index contributed by atoms with van der Waals surface area (Å²) < 4.78 is 0. The molecule has 0 aliphatic carbocycles. The van der Waals surface area contributed by atoms with Crippen LogP contribution in [0.4, 0.5) is 5.69 Å². The lowest BCUT2D eigenvalue weighted by Gasteiger charge is -2.08. The van der Waals surface area contributed by atoms with Gasteiger partial charge in [0.1, 0.15) is 5.49 Å². The number of ketones is 1. The molecule has 0 saturated carbocycles. The van der Waals surface area contributed by atoms with E-state index in [1.807, 2.05) is 37.3 Å². The first-order valence-electron chi connectivity index (χ1n) is 9.00. The molecule has 25 heavy (non-hydrogen) atoms. The molecule has 0 saturated heterocycles. The van der Waals surface area contributed by atoms with Crippen molar-refractivity contribution >= 4 is 22.2 Å². The molecule has 2 aromatic carbocycles. The van der Waals surface area contributed by atoms with Crippen molar-refractivity contribution < 1.29 is 4.79 Å². The monoisotopic (exact) mass is 332 g/mol. The van der Waals surface area contributed by atoms with Gasteiger partial charge >= 0.3 is 0 Å². The number of carbonyl (C=O) groups excluding carboxylic acids is 1. The lowest BCUT2D eigenvalue weighted by molar-refractivity contribution is 0.0975. The van der Waals surface area contributed by atoms with Crippen LogP contribution < -0.4 is 5.49 Å². The second kappa shape index (κ2) is 7.93. The van der Waals surface area contributed by atoms with Crippen LogP contribution in [0.1, 0.15) is 49.2 Å². The molecule has 128 valence electrons. The summed E-state index contributed by atoms with van der Waals surface area (Å²) in [7, 11) is 0. The highest BCUT2D eigenvalue weighted by atomic mass is 16.1. The van der Waals surface area contributed by atoms with E-state index >= 15 is 0 Å². The van der Waals surface area contributed by atoms with Gasteiger partial charge in [0.2, 0.25) is 0 Å². The maximum Gasteiger partial charge on any atom is 0.179 e. The average Bonchev–Trinajstić information content (AvgIpc) is 2.63. The van der Waals surface area contributed by atoms with E-state index in [1.165, 1.54) is 5.39 Å². The number of fused-ring (bicyclic) bond motifs is 1. The Labute approximate surface area is 148 Å². The summed E-state index contributed by atoms with van der Waals surface area (Å²) in [6.07, 6.45) is 3.33. The fraction of sp³-hybridized carbons (Fsp3) is 0.273. The minimum atomic E-state index is 0.168. The molecule has 0 unspecified atom stereocenters. The van der Waals surface area contributed by atoms with E-state index in [1.54, 1.807) is 0 Å². The van der Waals surface area contributed by atoms with Crippen molar-refractivity contribution in [2.75, 3.05) is 0 Å². The number of Topliss-reactive ketones (excluding diaryl/α,β-unsaturated/α-hetero) is 1. The summed E-state index contributed by atoms with van der Waals surface area (Å²) in [5.74, 6) is 0.168. The van der Waals surface area contributed by atoms with E-state index in [0.717, 1.165) is 41.4 Å². The number of aromatic nitrogens is 1. The number of hydrogen-bond acceptors (Lipinski definition) is 2. The number of pyridine rings is 1. The lowest BCUT2D eigenvalue weighted by Crippen LogP contribution is -2.16. The Morgan fingerprint density at radius 3 is 2.52 bits per heavy atom. The molecular formula is C22H24N2O. The van der Waals surface area contributed by atoms with Crippen LogP contribution >= 0.6 is 0 Å². The molecular weight excluding hydrogens is 308 g/mol. The maximum atomic E-state index is 12.4. The van der Waals surface area contributed by atoms with Gasteiger partial charge in [-0.3, -0.25) is 4.79 Å². The molecule has 3 heteroatoms. The van der Waals surface area contributed by atoms with Crippen molar-refractivity contribution in [1.82, 2.24) is 4.98 Å². The van der Waals surface area contributed by atoms with Gasteiger partial charge in [-0.15, -0.1) is 0 Å². The second-order valence-electron chi connectivity index (χ2n) is 6.31. The Balaban J connectivity index is 2.04. The van der Waals surface area contributed by atoms with Crippen molar-refractivity contribution in [3.05, 3.63) is 71.3 Å². The molecule has 0 radical (unpaired) electrons. The van der Waals surface area contributed by atoms with E-state index in [2.05, 4.69) is 41.2 Å². The molecule has 1 heterocycles. The zero-order valence-corrected chi connectivity index (χ0v) is 14.9. The Morgan fingerprint density at radius 1 is 0.960 bits per heavy atom. The highest BCUT2D eigenvalue weighted by molar-refractivity contribution is 5.95. The zero-order valence-electron chi connectivity index (χ0n) is 14.9. The average molecular weight is 332 g/mol. The van der Waals surface area contributed by atoms with Crippen molar-refractivity contribution in [3.8, 4) is 0 Å². The fourth-order valence-electron chi connectivity index (χ4n) is 3.04. The standard InChI is InChI=1S/C22H24N2O/c1-3-7-17-12-14-21(24-22(17)20(25)8-4-2)23-19-13-11-16-9-5-6-10-18(16)15-19/h5-6,9-15H,3-4,7-8H2,1-2H3,(H,23,24). The molecule has 0 aliphatic heterocycles. The van der Waals surface area contributed by atoms with Crippen molar-refractivity contribution in [1.29, 1.82) is 0 Å². The predicted octanol–water partition coefficient (Wildman–Crippen LogP) is 5.34. The molecule has 0 atom stereocenters. The van der Waals surface area contributed by atoms with Crippen LogP contribution in [-0.4, -0.2) is 10.8 Å². The highest BCUT2D eigenvalue weighted by Gasteiger charge is 2.10. The van der Waals surface area contributed by atoms with Crippen molar-refractivity contribution in [2.24, 2.45) is 4.99 Å². The topological polar surface area (TPSA) is 45.2 Å². The first kappa shape index (κ1) is 17.2. The van der Waals surface area contributed by atoms with Gasteiger partial charge in [-0.25, -0.2) is 4.99 Å². The van der Waals surface area contributed by atoms with Gasteiger partial charge in [0.05, 0.1) is 11.4 Å². The third kappa shape index (κ3) is 4.05.